The Hall–Kier alpha value is -3.64. The number of para-hydroxylation sites is 1. The second-order valence-corrected chi connectivity index (χ2v) is 10.2. The van der Waals surface area contributed by atoms with Crippen molar-refractivity contribution in [2.24, 2.45) is 5.92 Å². The third kappa shape index (κ3) is 4.05. The van der Waals surface area contributed by atoms with Crippen molar-refractivity contribution in [3.8, 4) is 0 Å². The van der Waals surface area contributed by atoms with Gasteiger partial charge >= 0.3 is 0 Å². The molecular formula is C30H31N3O3. The fraction of sp³-hybridized carbons (Fsp3) is 0.333. The number of aliphatic hydroxyl groups excluding tert-OH is 1. The molecule has 1 N–H and O–H groups in total. The number of rotatable bonds is 4. The molecule has 6 nitrogen and oxygen atoms in total. The molecule has 3 aromatic carbocycles. The van der Waals surface area contributed by atoms with Crippen molar-refractivity contribution < 1.29 is 14.7 Å². The van der Waals surface area contributed by atoms with Gasteiger partial charge in [-0.3, -0.25) is 14.5 Å². The SMILES string of the molecule is O=C1c2ccccc2C(O)N1CC(=O)N1Cc2ccccc2N(Cc2ccccc2)CC2CCCC21. The number of anilines is 1. The first kappa shape index (κ1) is 22.8. The Morgan fingerprint density at radius 3 is 2.50 bits per heavy atom. The maximum atomic E-state index is 13.8. The van der Waals surface area contributed by atoms with E-state index < -0.39 is 6.23 Å². The molecule has 0 bridgehead atoms. The number of benzene rings is 3. The zero-order valence-corrected chi connectivity index (χ0v) is 20.3. The molecule has 1 fully saturated rings. The molecular weight excluding hydrogens is 450 g/mol. The highest BCUT2D eigenvalue weighted by molar-refractivity contribution is 6.00. The first-order chi connectivity index (χ1) is 17.6. The number of hydrogen-bond donors (Lipinski definition) is 1. The number of amides is 2. The molecule has 3 unspecified atom stereocenters. The summed E-state index contributed by atoms with van der Waals surface area (Å²) < 4.78 is 0. The largest absolute Gasteiger partial charge is 0.369 e. The van der Waals surface area contributed by atoms with Crippen molar-refractivity contribution >= 4 is 17.5 Å². The molecule has 184 valence electrons. The first-order valence-corrected chi connectivity index (χ1v) is 12.8. The van der Waals surface area contributed by atoms with Crippen LogP contribution in [-0.2, 0) is 17.9 Å². The van der Waals surface area contributed by atoms with E-state index in [-0.39, 0.29) is 24.4 Å². The van der Waals surface area contributed by atoms with Gasteiger partial charge in [-0.15, -0.1) is 0 Å². The number of carbonyl (C=O) groups is 2. The van der Waals surface area contributed by atoms with Crippen molar-refractivity contribution in [3.05, 3.63) is 101 Å². The maximum absolute atomic E-state index is 13.8. The van der Waals surface area contributed by atoms with E-state index >= 15 is 0 Å². The molecule has 2 heterocycles. The molecule has 3 aliphatic rings. The highest BCUT2D eigenvalue weighted by atomic mass is 16.3. The van der Waals surface area contributed by atoms with E-state index in [4.69, 9.17) is 0 Å². The number of carbonyl (C=O) groups excluding carboxylic acids is 2. The molecule has 0 saturated heterocycles. The van der Waals surface area contributed by atoms with Gasteiger partial charge in [-0.25, -0.2) is 0 Å². The number of fused-ring (bicyclic) bond motifs is 3. The van der Waals surface area contributed by atoms with Crippen LogP contribution in [0.1, 0.15) is 52.5 Å². The summed E-state index contributed by atoms with van der Waals surface area (Å²) >= 11 is 0. The summed E-state index contributed by atoms with van der Waals surface area (Å²) in [5.41, 5.74) is 4.60. The molecule has 1 saturated carbocycles. The minimum Gasteiger partial charge on any atom is -0.369 e. The van der Waals surface area contributed by atoms with E-state index in [0.717, 1.165) is 43.6 Å². The highest BCUT2D eigenvalue weighted by Gasteiger charge is 2.41. The summed E-state index contributed by atoms with van der Waals surface area (Å²) in [7, 11) is 0. The summed E-state index contributed by atoms with van der Waals surface area (Å²) in [6.07, 6.45) is 2.05. The monoisotopic (exact) mass is 481 g/mol. The summed E-state index contributed by atoms with van der Waals surface area (Å²) in [5.74, 6) is -0.0169. The Morgan fingerprint density at radius 1 is 0.917 bits per heavy atom. The Balaban J connectivity index is 1.29. The lowest BCUT2D eigenvalue weighted by atomic mass is 9.96. The second kappa shape index (κ2) is 9.43. The molecule has 0 radical (unpaired) electrons. The normalized spacial score (nSPS) is 23.1. The van der Waals surface area contributed by atoms with Gasteiger partial charge in [0.05, 0.1) is 0 Å². The van der Waals surface area contributed by atoms with E-state index in [1.807, 2.05) is 17.0 Å². The van der Waals surface area contributed by atoms with Gasteiger partial charge in [0.15, 0.2) is 6.23 Å². The van der Waals surface area contributed by atoms with Crippen LogP contribution in [0.2, 0.25) is 0 Å². The van der Waals surface area contributed by atoms with Gasteiger partial charge in [-0.1, -0.05) is 73.2 Å². The Labute approximate surface area is 211 Å². The fourth-order valence-electron chi connectivity index (χ4n) is 6.25. The second-order valence-electron chi connectivity index (χ2n) is 10.2. The van der Waals surface area contributed by atoms with Crippen molar-refractivity contribution in [2.75, 3.05) is 18.0 Å². The molecule has 0 aromatic heterocycles. The maximum Gasteiger partial charge on any atom is 0.257 e. The Bertz CT molecular complexity index is 1280. The van der Waals surface area contributed by atoms with Crippen LogP contribution in [0.5, 0.6) is 0 Å². The molecule has 6 rings (SSSR count). The van der Waals surface area contributed by atoms with Gasteiger partial charge in [-0.2, -0.15) is 0 Å². The Kier molecular flexibility index (Phi) is 5.97. The number of aliphatic hydroxyl groups is 1. The molecule has 2 aliphatic heterocycles. The zero-order chi connectivity index (χ0) is 24.6. The Morgan fingerprint density at radius 2 is 1.67 bits per heavy atom. The van der Waals surface area contributed by atoms with Crippen LogP contribution in [0.4, 0.5) is 5.69 Å². The lowest BCUT2D eigenvalue weighted by Crippen LogP contribution is -2.50. The molecule has 1 aliphatic carbocycles. The van der Waals surface area contributed by atoms with E-state index in [1.165, 1.54) is 10.5 Å². The quantitative estimate of drug-likeness (QED) is 0.602. The topological polar surface area (TPSA) is 64.1 Å². The average molecular weight is 482 g/mol. The van der Waals surface area contributed by atoms with E-state index in [2.05, 4.69) is 47.4 Å². The third-order valence-corrected chi connectivity index (χ3v) is 8.01. The average Bonchev–Trinajstić information content (AvgIpc) is 3.45. The van der Waals surface area contributed by atoms with Gasteiger partial charge in [-0.05, 0) is 42.0 Å². The molecule has 3 atom stereocenters. The fourth-order valence-corrected chi connectivity index (χ4v) is 6.25. The van der Waals surface area contributed by atoms with E-state index in [1.54, 1.807) is 24.3 Å². The predicted molar refractivity (Wildman–Crippen MR) is 138 cm³/mol. The van der Waals surface area contributed by atoms with Gasteiger partial charge in [0.25, 0.3) is 5.91 Å². The van der Waals surface area contributed by atoms with Crippen LogP contribution in [0, 0.1) is 5.92 Å². The van der Waals surface area contributed by atoms with E-state index in [9.17, 15) is 14.7 Å². The van der Waals surface area contributed by atoms with Crippen molar-refractivity contribution in [2.45, 2.75) is 44.6 Å². The van der Waals surface area contributed by atoms with Gasteiger partial charge in [0, 0.05) is 42.5 Å². The summed E-state index contributed by atoms with van der Waals surface area (Å²) in [5, 5.41) is 10.8. The predicted octanol–water partition coefficient (Wildman–Crippen LogP) is 4.35. The molecule has 3 aromatic rings. The summed E-state index contributed by atoms with van der Waals surface area (Å²) in [6, 6.07) is 26.1. The standard InChI is InChI=1S/C30H31N3O3/c34-28(20-33-29(35)24-13-5-6-14-25(24)30(33)36)32-19-23-11-4-7-15-26(23)31(17-21-9-2-1-3-10-21)18-22-12-8-16-27(22)32/h1-7,9-11,13-15,22,27,29,35H,8,12,16-20H2. The molecule has 2 amide bonds. The number of hydrogen-bond acceptors (Lipinski definition) is 4. The van der Waals surface area contributed by atoms with Gasteiger partial charge in [0.2, 0.25) is 5.91 Å². The minimum atomic E-state index is -1.08. The zero-order valence-electron chi connectivity index (χ0n) is 20.3. The van der Waals surface area contributed by atoms with Crippen LogP contribution < -0.4 is 4.90 Å². The number of nitrogens with zero attached hydrogens (tertiary/aromatic N) is 3. The van der Waals surface area contributed by atoms with Crippen LogP contribution in [0.3, 0.4) is 0 Å². The molecule has 6 heteroatoms. The van der Waals surface area contributed by atoms with Crippen molar-refractivity contribution in [3.63, 3.8) is 0 Å². The van der Waals surface area contributed by atoms with Crippen LogP contribution in [0.25, 0.3) is 0 Å². The van der Waals surface area contributed by atoms with Crippen LogP contribution in [0.15, 0.2) is 78.9 Å². The van der Waals surface area contributed by atoms with Gasteiger partial charge < -0.3 is 14.9 Å². The van der Waals surface area contributed by atoms with Crippen LogP contribution >= 0.6 is 0 Å². The van der Waals surface area contributed by atoms with Crippen molar-refractivity contribution in [1.29, 1.82) is 0 Å². The van der Waals surface area contributed by atoms with Gasteiger partial charge in [0.1, 0.15) is 6.54 Å². The summed E-state index contributed by atoms with van der Waals surface area (Å²) in [4.78, 5) is 32.5. The lowest BCUT2D eigenvalue weighted by molar-refractivity contribution is -0.137. The smallest absolute Gasteiger partial charge is 0.257 e. The molecule has 0 spiro atoms. The minimum absolute atomic E-state index is 0.0987. The van der Waals surface area contributed by atoms with Crippen LogP contribution in [-0.4, -0.2) is 45.9 Å². The third-order valence-electron chi connectivity index (χ3n) is 8.01. The van der Waals surface area contributed by atoms with E-state index in [0.29, 0.717) is 23.6 Å². The summed E-state index contributed by atoms with van der Waals surface area (Å²) in [6.45, 7) is 2.11. The highest BCUT2D eigenvalue weighted by Crippen LogP contribution is 2.38. The molecule has 36 heavy (non-hydrogen) atoms. The lowest BCUT2D eigenvalue weighted by Gasteiger charge is -2.41. The van der Waals surface area contributed by atoms with Crippen molar-refractivity contribution in [1.82, 2.24) is 9.80 Å². The first-order valence-electron chi connectivity index (χ1n) is 12.8.